The SMILES string of the molecule is C[Si](C)(C)C(P([O-])F)[Si](C)(C)C.[Li+]. The minimum absolute atomic E-state index is 0. The van der Waals surface area contributed by atoms with Crippen molar-refractivity contribution < 1.29 is 28.0 Å². The molecule has 0 fully saturated rings. The van der Waals surface area contributed by atoms with Crippen LogP contribution in [-0.4, -0.2) is 21.1 Å². The van der Waals surface area contributed by atoms with Gasteiger partial charge in [-0.25, -0.2) is 4.20 Å². The van der Waals surface area contributed by atoms with Gasteiger partial charge in [0.2, 0.25) is 0 Å². The molecule has 0 heterocycles. The molecule has 0 aromatic rings. The Bertz CT molecular complexity index is 142. The summed E-state index contributed by atoms with van der Waals surface area (Å²) in [5.74, 6) is 0. The molecule has 74 valence electrons. The van der Waals surface area contributed by atoms with E-state index in [0.29, 0.717) is 0 Å². The average Bonchev–Trinajstić information content (AvgIpc) is 1.49. The summed E-state index contributed by atoms with van der Waals surface area (Å²) in [7, 11) is -5.63. The molecular weight excluding hydrogens is 213 g/mol. The smallest absolute Gasteiger partial charge is 0.804 e. The van der Waals surface area contributed by atoms with Gasteiger partial charge in [0.1, 0.15) is 0 Å². The minimum atomic E-state index is -2.47. The van der Waals surface area contributed by atoms with E-state index in [1.807, 2.05) is 0 Å². The molecule has 13 heavy (non-hydrogen) atoms. The fraction of sp³-hybridized carbons (Fsp3) is 1.00. The third kappa shape index (κ3) is 5.71. The largest absolute Gasteiger partial charge is 1.00 e. The molecule has 0 saturated carbocycles. The van der Waals surface area contributed by atoms with E-state index < -0.39 is 24.6 Å². The van der Waals surface area contributed by atoms with Crippen LogP contribution in [0.5, 0.6) is 0 Å². The second-order valence-corrected chi connectivity index (χ2v) is 18.6. The standard InChI is InChI=1S/C7H19FOPSi2.Li/c1-11(2,3)7(10(8)9)12(4,5)6;/h7H,1-6H3;/q-1;+1. The van der Waals surface area contributed by atoms with Gasteiger partial charge in [-0.2, -0.15) is 0 Å². The van der Waals surface area contributed by atoms with Crippen LogP contribution in [-0.2, 0) is 0 Å². The topological polar surface area (TPSA) is 23.1 Å². The van der Waals surface area contributed by atoms with Crippen molar-refractivity contribution in [3.8, 4) is 0 Å². The van der Waals surface area contributed by atoms with Gasteiger partial charge in [0, 0.05) is 0 Å². The summed E-state index contributed by atoms with van der Waals surface area (Å²) >= 11 is 0. The third-order valence-corrected chi connectivity index (χ3v) is 16.6. The number of halogens is 1. The summed E-state index contributed by atoms with van der Waals surface area (Å²) in [5.41, 5.74) is 0. The first-order chi connectivity index (χ1) is 5.07. The second-order valence-electron chi connectivity index (χ2n) is 5.41. The molecule has 0 aromatic carbocycles. The Morgan fingerprint density at radius 3 is 1.23 bits per heavy atom. The zero-order valence-electron chi connectivity index (χ0n) is 9.81. The van der Waals surface area contributed by atoms with E-state index in [4.69, 9.17) is 0 Å². The summed E-state index contributed by atoms with van der Waals surface area (Å²) in [4.78, 5) is 10.9. The van der Waals surface area contributed by atoms with Crippen LogP contribution in [0.15, 0.2) is 0 Å². The van der Waals surface area contributed by atoms with Gasteiger partial charge in [0.15, 0.2) is 0 Å². The van der Waals surface area contributed by atoms with Crippen molar-refractivity contribution in [2.45, 2.75) is 44.2 Å². The molecule has 0 saturated heterocycles. The zero-order chi connectivity index (χ0) is 10.2. The normalized spacial score (nSPS) is 15.5. The van der Waals surface area contributed by atoms with Crippen LogP contribution in [0.3, 0.4) is 0 Å². The van der Waals surface area contributed by atoms with E-state index >= 15 is 0 Å². The van der Waals surface area contributed by atoms with Crippen molar-refractivity contribution in [3.05, 3.63) is 0 Å². The molecule has 0 aliphatic rings. The van der Waals surface area contributed by atoms with Crippen molar-refractivity contribution in [3.63, 3.8) is 0 Å². The van der Waals surface area contributed by atoms with Crippen LogP contribution in [0.1, 0.15) is 0 Å². The van der Waals surface area contributed by atoms with Crippen molar-refractivity contribution in [2.75, 3.05) is 0 Å². The van der Waals surface area contributed by atoms with E-state index in [2.05, 4.69) is 39.3 Å². The zero-order valence-corrected chi connectivity index (χ0v) is 12.7. The summed E-state index contributed by atoms with van der Waals surface area (Å²) in [5, 5.41) is 0. The van der Waals surface area contributed by atoms with Gasteiger partial charge >= 0.3 is 18.9 Å². The van der Waals surface area contributed by atoms with Gasteiger partial charge in [-0.3, -0.25) is 0 Å². The summed E-state index contributed by atoms with van der Waals surface area (Å²) in [6.45, 7) is 12.6. The van der Waals surface area contributed by atoms with E-state index in [1.54, 1.807) is 0 Å². The van der Waals surface area contributed by atoms with E-state index in [9.17, 15) is 9.09 Å². The Labute approximate surface area is 96.7 Å². The quantitative estimate of drug-likeness (QED) is 0.486. The third-order valence-electron chi connectivity index (χ3n) is 1.84. The molecule has 1 nitrogen and oxygen atoms in total. The summed E-state index contributed by atoms with van der Waals surface area (Å²) in [6.07, 6.45) is 0. The van der Waals surface area contributed by atoms with Crippen LogP contribution in [0.4, 0.5) is 4.20 Å². The summed E-state index contributed by atoms with van der Waals surface area (Å²) < 4.78 is 12.9. The predicted molar refractivity (Wildman–Crippen MR) is 58.5 cm³/mol. The fourth-order valence-corrected chi connectivity index (χ4v) is 17.2. The molecule has 6 heteroatoms. The van der Waals surface area contributed by atoms with Crippen molar-refractivity contribution in [2.24, 2.45) is 0 Å². The van der Waals surface area contributed by atoms with Crippen molar-refractivity contribution in [1.29, 1.82) is 0 Å². The maximum absolute atomic E-state index is 12.9. The molecule has 0 radical (unpaired) electrons. The van der Waals surface area contributed by atoms with E-state index in [1.165, 1.54) is 0 Å². The molecule has 0 spiro atoms. The number of rotatable bonds is 3. The molecule has 0 aliphatic heterocycles. The Balaban J connectivity index is 0. The van der Waals surface area contributed by atoms with Crippen LogP contribution >= 0.6 is 8.46 Å². The predicted octanol–water partition coefficient (Wildman–Crippen LogP) is -0.244. The van der Waals surface area contributed by atoms with Crippen LogP contribution in [0.25, 0.3) is 0 Å². The molecule has 0 bridgehead atoms. The maximum Gasteiger partial charge on any atom is 1.00 e. The molecule has 0 aromatic heterocycles. The molecule has 0 aliphatic carbocycles. The van der Waals surface area contributed by atoms with E-state index in [0.717, 1.165) is 0 Å². The van der Waals surface area contributed by atoms with Crippen LogP contribution in [0.2, 0.25) is 39.3 Å². The molecule has 1 unspecified atom stereocenters. The molecular formula is C7H19FLiOPSi2. The first kappa shape index (κ1) is 16.8. The monoisotopic (exact) mass is 232 g/mol. The first-order valence-electron chi connectivity index (χ1n) is 4.19. The van der Waals surface area contributed by atoms with Crippen molar-refractivity contribution in [1.82, 2.24) is 0 Å². The fourth-order valence-electron chi connectivity index (χ4n) is 1.91. The average molecular weight is 232 g/mol. The summed E-state index contributed by atoms with van der Waals surface area (Å²) in [6, 6.07) is 0. The Morgan fingerprint density at radius 1 is 1.00 bits per heavy atom. The number of hydrogen-bond acceptors (Lipinski definition) is 1. The van der Waals surface area contributed by atoms with Crippen molar-refractivity contribution >= 4 is 24.6 Å². The van der Waals surface area contributed by atoms with Crippen LogP contribution < -0.4 is 23.8 Å². The molecule has 1 atom stereocenters. The Kier molecular flexibility index (Phi) is 7.02. The van der Waals surface area contributed by atoms with Gasteiger partial charge in [-0.15, -0.1) is 0 Å². The molecule has 0 N–H and O–H groups in total. The van der Waals surface area contributed by atoms with Gasteiger partial charge < -0.3 is 4.89 Å². The van der Waals surface area contributed by atoms with Gasteiger partial charge in [0.05, 0.1) is 16.1 Å². The van der Waals surface area contributed by atoms with Gasteiger partial charge in [-0.05, 0) is 13.4 Å². The van der Waals surface area contributed by atoms with Gasteiger partial charge in [0.25, 0.3) is 0 Å². The van der Waals surface area contributed by atoms with Gasteiger partial charge in [-0.1, -0.05) is 39.3 Å². The molecule has 0 rings (SSSR count). The maximum atomic E-state index is 12.9. The Hall–Kier alpha value is 1.35. The minimum Gasteiger partial charge on any atom is -0.804 e. The number of hydrogen-bond donors (Lipinski definition) is 0. The van der Waals surface area contributed by atoms with Crippen LogP contribution in [0, 0.1) is 0 Å². The molecule has 0 amide bonds. The van der Waals surface area contributed by atoms with E-state index in [-0.39, 0.29) is 23.8 Å². The second kappa shape index (κ2) is 5.44. The first-order valence-corrected chi connectivity index (χ1v) is 12.6. The Morgan fingerprint density at radius 2 is 1.23 bits per heavy atom.